The molecule has 21 heavy (non-hydrogen) atoms. The maximum absolute atomic E-state index is 12.7. The SMILES string of the molecule is O=C1OC[C@H]2CN(C(=O)c3cccc4nccnc34)C[C@@H]12. The smallest absolute Gasteiger partial charge is 0.311 e. The number of hydrogen-bond acceptors (Lipinski definition) is 5. The number of carbonyl (C=O) groups excluding carboxylic acids is 2. The van der Waals surface area contributed by atoms with Crippen molar-refractivity contribution < 1.29 is 14.3 Å². The van der Waals surface area contributed by atoms with Gasteiger partial charge in [0.05, 0.1) is 23.6 Å². The van der Waals surface area contributed by atoms with Crippen LogP contribution in [-0.4, -0.2) is 46.4 Å². The summed E-state index contributed by atoms with van der Waals surface area (Å²) in [5.41, 5.74) is 1.83. The Morgan fingerprint density at radius 1 is 1.24 bits per heavy atom. The lowest BCUT2D eigenvalue weighted by molar-refractivity contribution is -0.141. The fourth-order valence-corrected chi connectivity index (χ4v) is 3.10. The molecule has 6 heteroatoms. The van der Waals surface area contributed by atoms with Crippen molar-refractivity contribution in [3.8, 4) is 0 Å². The van der Waals surface area contributed by atoms with E-state index in [2.05, 4.69) is 9.97 Å². The van der Waals surface area contributed by atoms with Crippen LogP contribution < -0.4 is 0 Å². The normalized spacial score (nSPS) is 24.2. The second-order valence-corrected chi connectivity index (χ2v) is 5.44. The molecular formula is C15H13N3O3. The van der Waals surface area contributed by atoms with Crippen molar-refractivity contribution in [1.82, 2.24) is 14.9 Å². The number of esters is 1. The van der Waals surface area contributed by atoms with Crippen molar-refractivity contribution >= 4 is 22.9 Å². The number of likely N-dealkylation sites (tertiary alicyclic amines) is 1. The summed E-state index contributed by atoms with van der Waals surface area (Å²) in [5.74, 6) is -0.325. The number of amides is 1. The Hall–Kier alpha value is -2.50. The molecule has 0 N–H and O–H groups in total. The van der Waals surface area contributed by atoms with Crippen LogP contribution in [0.5, 0.6) is 0 Å². The molecule has 2 aliphatic rings. The minimum Gasteiger partial charge on any atom is -0.465 e. The minimum atomic E-state index is -0.187. The average Bonchev–Trinajstić information content (AvgIpc) is 3.08. The van der Waals surface area contributed by atoms with Crippen LogP contribution in [0.2, 0.25) is 0 Å². The molecule has 4 rings (SSSR count). The van der Waals surface area contributed by atoms with Gasteiger partial charge in [-0.3, -0.25) is 19.6 Å². The maximum atomic E-state index is 12.7. The molecule has 0 bridgehead atoms. The number of benzene rings is 1. The number of cyclic esters (lactones) is 1. The molecule has 6 nitrogen and oxygen atoms in total. The highest BCUT2D eigenvalue weighted by molar-refractivity contribution is 6.04. The lowest BCUT2D eigenvalue weighted by atomic mass is 10.0. The molecule has 0 aliphatic carbocycles. The first kappa shape index (κ1) is 12.3. The Kier molecular flexibility index (Phi) is 2.63. The fraction of sp³-hybridized carbons (Fsp3) is 0.333. The molecule has 1 aromatic heterocycles. The van der Waals surface area contributed by atoms with E-state index in [-0.39, 0.29) is 23.7 Å². The van der Waals surface area contributed by atoms with Gasteiger partial charge in [0.2, 0.25) is 0 Å². The van der Waals surface area contributed by atoms with Crippen LogP contribution in [0.25, 0.3) is 11.0 Å². The molecule has 2 aliphatic heterocycles. The number of aromatic nitrogens is 2. The highest BCUT2D eigenvalue weighted by Gasteiger charge is 2.45. The van der Waals surface area contributed by atoms with Crippen LogP contribution in [0.3, 0.4) is 0 Å². The van der Waals surface area contributed by atoms with E-state index in [0.29, 0.717) is 36.3 Å². The van der Waals surface area contributed by atoms with E-state index in [4.69, 9.17) is 4.74 Å². The van der Waals surface area contributed by atoms with Crippen molar-refractivity contribution in [1.29, 1.82) is 0 Å². The quantitative estimate of drug-likeness (QED) is 0.726. The first-order chi connectivity index (χ1) is 10.2. The molecule has 1 amide bonds. The topological polar surface area (TPSA) is 72.4 Å². The molecule has 3 heterocycles. The van der Waals surface area contributed by atoms with E-state index in [1.165, 1.54) is 0 Å². The van der Waals surface area contributed by atoms with Gasteiger partial charge in [-0.05, 0) is 12.1 Å². The average molecular weight is 283 g/mol. The number of hydrogen-bond donors (Lipinski definition) is 0. The molecule has 0 spiro atoms. The largest absolute Gasteiger partial charge is 0.465 e. The number of nitrogens with zero attached hydrogens (tertiary/aromatic N) is 3. The van der Waals surface area contributed by atoms with E-state index in [0.717, 1.165) is 0 Å². The van der Waals surface area contributed by atoms with Gasteiger partial charge >= 0.3 is 5.97 Å². The number of para-hydroxylation sites is 1. The van der Waals surface area contributed by atoms with Gasteiger partial charge in [0.15, 0.2) is 0 Å². The summed E-state index contributed by atoms with van der Waals surface area (Å²) in [7, 11) is 0. The Morgan fingerprint density at radius 3 is 2.95 bits per heavy atom. The van der Waals surface area contributed by atoms with Crippen molar-refractivity contribution in [3.05, 3.63) is 36.2 Å². The monoisotopic (exact) mass is 283 g/mol. The molecule has 2 atom stereocenters. The third kappa shape index (κ3) is 1.86. The van der Waals surface area contributed by atoms with Gasteiger partial charge in [0, 0.05) is 31.4 Å². The zero-order chi connectivity index (χ0) is 14.4. The molecule has 0 radical (unpaired) electrons. The highest BCUT2D eigenvalue weighted by atomic mass is 16.5. The second-order valence-electron chi connectivity index (χ2n) is 5.44. The molecule has 106 valence electrons. The van der Waals surface area contributed by atoms with E-state index in [1.807, 2.05) is 6.07 Å². The Morgan fingerprint density at radius 2 is 2.10 bits per heavy atom. The van der Waals surface area contributed by atoms with Gasteiger partial charge in [-0.25, -0.2) is 0 Å². The second kappa shape index (κ2) is 4.51. The first-order valence-electron chi connectivity index (χ1n) is 6.89. The summed E-state index contributed by atoms with van der Waals surface area (Å²) in [6.45, 7) is 1.41. The highest BCUT2D eigenvalue weighted by Crippen LogP contribution is 2.31. The van der Waals surface area contributed by atoms with Crippen molar-refractivity contribution in [2.24, 2.45) is 11.8 Å². The maximum Gasteiger partial charge on any atom is 0.311 e. The molecule has 0 saturated carbocycles. The van der Waals surface area contributed by atoms with E-state index < -0.39 is 0 Å². The van der Waals surface area contributed by atoms with E-state index >= 15 is 0 Å². The van der Waals surface area contributed by atoms with Crippen molar-refractivity contribution in [2.45, 2.75) is 0 Å². The number of fused-ring (bicyclic) bond motifs is 2. The van der Waals surface area contributed by atoms with Gasteiger partial charge in [-0.2, -0.15) is 0 Å². The Labute approximate surface area is 120 Å². The molecule has 1 aromatic carbocycles. The van der Waals surface area contributed by atoms with Crippen LogP contribution in [0, 0.1) is 11.8 Å². The van der Waals surface area contributed by atoms with Gasteiger partial charge in [-0.1, -0.05) is 6.07 Å². The number of carbonyl (C=O) groups is 2. The molecule has 0 unspecified atom stereocenters. The summed E-state index contributed by atoms with van der Waals surface area (Å²) < 4.78 is 5.02. The minimum absolute atomic E-state index is 0.0942. The predicted molar refractivity (Wildman–Crippen MR) is 73.4 cm³/mol. The summed E-state index contributed by atoms with van der Waals surface area (Å²) in [6, 6.07) is 5.39. The molecule has 2 aromatic rings. The van der Waals surface area contributed by atoms with E-state index in [9.17, 15) is 9.59 Å². The van der Waals surface area contributed by atoms with Crippen LogP contribution >= 0.6 is 0 Å². The van der Waals surface area contributed by atoms with Crippen LogP contribution in [0.4, 0.5) is 0 Å². The van der Waals surface area contributed by atoms with Gasteiger partial charge in [0.25, 0.3) is 5.91 Å². The summed E-state index contributed by atoms with van der Waals surface area (Å²) in [5, 5.41) is 0. The fourth-order valence-electron chi connectivity index (χ4n) is 3.10. The lowest BCUT2D eigenvalue weighted by Gasteiger charge is -2.17. The third-order valence-corrected chi connectivity index (χ3v) is 4.20. The lowest BCUT2D eigenvalue weighted by Crippen LogP contribution is -2.31. The zero-order valence-electron chi connectivity index (χ0n) is 11.2. The standard InChI is InChI=1S/C15H13N3O3/c19-14(18-6-9-8-21-15(20)11(9)7-18)10-2-1-3-12-13(10)17-5-4-16-12/h1-5,9,11H,6-8H2/t9-,11-/m1/s1. The first-order valence-corrected chi connectivity index (χ1v) is 6.89. The summed E-state index contributed by atoms with van der Waals surface area (Å²) in [6.07, 6.45) is 3.18. The zero-order valence-corrected chi connectivity index (χ0v) is 11.2. The molecular weight excluding hydrogens is 270 g/mol. The van der Waals surface area contributed by atoms with Crippen LogP contribution in [-0.2, 0) is 9.53 Å². The van der Waals surface area contributed by atoms with Gasteiger partial charge in [-0.15, -0.1) is 0 Å². The van der Waals surface area contributed by atoms with Crippen molar-refractivity contribution in [3.63, 3.8) is 0 Å². The Bertz CT molecular complexity index is 741. The summed E-state index contributed by atoms with van der Waals surface area (Å²) in [4.78, 5) is 34.5. The Balaban J connectivity index is 1.67. The van der Waals surface area contributed by atoms with Crippen LogP contribution in [0.15, 0.2) is 30.6 Å². The molecule has 2 saturated heterocycles. The van der Waals surface area contributed by atoms with Crippen LogP contribution in [0.1, 0.15) is 10.4 Å². The van der Waals surface area contributed by atoms with E-state index in [1.54, 1.807) is 29.4 Å². The van der Waals surface area contributed by atoms with Gasteiger partial charge in [0.1, 0.15) is 5.52 Å². The number of ether oxygens (including phenoxy) is 1. The number of rotatable bonds is 1. The molecule has 2 fully saturated rings. The summed E-state index contributed by atoms with van der Waals surface area (Å²) >= 11 is 0. The predicted octanol–water partition coefficient (Wildman–Crippen LogP) is 0.875. The third-order valence-electron chi connectivity index (χ3n) is 4.20. The van der Waals surface area contributed by atoms with Gasteiger partial charge < -0.3 is 9.64 Å². The van der Waals surface area contributed by atoms with Crippen molar-refractivity contribution in [2.75, 3.05) is 19.7 Å².